The highest BCUT2D eigenvalue weighted by atomic mass is 16.6. The van der Waals surface area contributed by atoms with Crippen molar-refractivity contribution in [1.82, 2.24) is 14.9 Å². The molecular formula is C14H27N3O3. The van der Waals surface area contributed by atoms with Crippen molar-refractivity contribution < 1.29 is 14.3 Å². The largest absolute Gasteiger partial charge is 0.444 e. The highest BCUT2D eigenvalue weighted by Gasteiger charge is 2.31. The Labute approximate surface area is 121 Å². The molecular weight excluding hydrogens is 258 g/mol. The summed E-state index contributed by atoms with van der Waals surface area (Å²) in [5.74, 6) is 0. The van der Waals surface area contributed by atoms with Crippen LogP contribution in [0.25, 0.3) is 0 Å². The molecule has 0 aromatic rings. The zero-order valence-electron chi connectivity index (χ0n) is 13.5. The predicted octanol–water partition coefficient (Wildman–Crippen LogP) is 1.71. The number of hydrogen-bond acceptors (Lipinski definition) is 4. The van der Waals surface area contributed by atoms with Crippen molar-refractivity contribution in [3.05, 3.63) is 0 Å². The normalized spacial score (nSPS) is 17.8. The van der Waals surface area contributed by atoms with E-state index in [4.69, 9.17) is 4.74 Å². The molecule has 2 amide bonds. The number of carbonyl (C=O) groups excluding carboxylic acids is 2. The van der Waals surface area contributed by atoms with Crippen LogP contribution in [0.3, 0.4) is 0 Å². The maximum atomic E-state index is 12.0. The second kappa shape index (κ2) is 5.99. The second-order valence-electron chi connectivity index (χ2n) is 7.04. The summed E-state index contributed by atoms with van der Waals surface area (Å²) in [4.78, 5) is 24.9. The van der Waals surface area contributed by atoms with E-state index in [0.717, 1.165) is 6.41 Å². The van der Waals surface area contributed by atoms with Crippen molar-refractivity contribution in [2.45, 2.75) is 52.7 Å². The van der Waals surface area contributed by atoms with Gasteiger partial charge in [0, 0.05) is 26.2 Å². The number of hydrazine groups is 1. The van der Waals surface area contributed by atoms with Crippen LogP contribution in [0.1, 0.15) is 41.5 Å². The quantitative estimate of drug-likeness (QED) is 0.725. The van der Waals surface area contributed by atoms with E-state index in [9.17, 15) is 9.59 Å². The number of nitrogens with zero attached hydrogens (tertiary/aromatic N) is 3. The molecule has 0 spiro atoms. The fourth-order valence-corrected chi connectivity index (χ4v) is 2.07. The van der Waals surface area contributed by atoms with Gasteiger partial charge in [0.1, 0.15) is 5.60 Å². The van der Waals surface area contributed by atoms with Gasteiger partial charge in [-0.25, -0.2) is 9.80 Å². The third-order valence-corrected chi connectivity index (χ3v) is 3.00. The molecule has 1 heterocycles. The first-order valence-electron chi connectivity index (χ1n) is 7.02. The lowest BCUT2D eigenvalue weighted by molar-refractivity contribution is -0.151. The molecule has 0 saturated carbocycles. The van der Waals surface area contributed by atoms with Gasteiger partial charge in [0.25, 0.3) is 0 Å². The fraction of sp³-hybridized carbons (Fsp3) is 0.857. The van der Waals surface area contributed by atoms with Gasteiger partial charge >= 0.3 is 6.09 Å². The van der Waals surface area contributed by atoms with Crippen LogP contribution < -0.4 is 0 Å². The van der Waals surface area contributed by atoms with Gasteiger partial charge in [0.2, 0.25) is 6.41 Å². The first-order chi connectivity index (χ1) is 9.04. The van der Waals surface area contributed by atoms with Gasteiger partial charge in [0.05, 0.1) is 5.54 Å². The minimum absolute atomic E-state index is 0.254. The Morgan fingerprint density at radius 2 is 1.55 bits per heavy atom. The molecule has 0 bridgehead atoms. The minimum atomic E-state index is -0.478. The molecule has 1 fully saturated rings. The van der Waals surface area contributed by atoms with E-state index < -0.39 is 5.60 Å². The highest BCUT2D eigenvalue weighted by Crippen LogP contribution is 2.17. The first kappa shape index (κ1) is 16.8. The number of hydrogen-bond donors (Lipinski definition) is 0. The summed E-state index contributed by atoms with van der Waals surface area (Å²) in [6.07, 6.45) is 0.564. The summed E-state index contributed by atoms with van der Waals surface area (Å²) in [5, 5.41) is 3.67. The zero-order chi connectivity index (χ0) is 15.6. The smallest absolute Gasteiger partial charge is 0.410 e. The molecule has 6 heteroatoms. The topological polar surface area (TPSA) is 53.1 Å². The van der Waals surface area contributed by atoms with E-state index >= 15 is 0 Å². The Hall–Kier alpha value is -1.30. The molecule has 1 saturated heterocycles. The van der Waals surface area contributed by atoms with E-state index in [1.807, 2.05) is 46.6 Å². The van der Waals surface area contributed by atoms with E-state index in [1.165, 1.54) is 0 Å². The molecule has 1 rings (SSSR count). The van der Waals surface area contributed by atoms with Crippen LogP contribution in [0.2, 0.25) is 0 Å². The van der Waals surface area contributed by atoms with Gasteiger partial charge < -0.3 is 9.64 Å². The molecule has 6 nitrogen and oxygen atoms in total. The molecule has 0 aromatic carbocycles. The molecule has 1 aliphatic rings. The number of amides is 2. The Morgan fingerprint density at radius 3 is 1.90 bits per heavy atom. The summed E-state index contributed by atoms with van der Waals surface area (Å²) < 4.78 is 5.35. The zero-order valence-corrected chi connectivity index (χ0v) is 13.5. The van der Waals surface area contributed by atoms with Crippen molar-refractivity contribution in [1.29, 1.82) is 0 Å². The van der Waals surface area contributed by atoms with Crippen LogP contribution in [-0.2, 0) is 9.53 Å². The summed E-state index contributed by atoms with van der Waals surface area (Å²) in [6.45, 7) is 13.9. The van der Waals surface area contributed by atoms with Crippen molar-refractivity contribution >= 4 is 12.5 Å². The minimum Gasteiger partial charge on any atom is -0.444 e. The van der Waals surface area contributed by atoms with Gasteiger partial charge in [-0.2, -0.15) is 0 Å². The van der Waals surface area contributed by atoms with Crippen LogP contribution in [-0.4, -0.2) is 64.7 Å². The fourth-order valence-electron chi connectivity index (χ4n) is 2.07. The number of rotatable bonds is 2. The van der Waals surface area contributed by atoms with Crippen molar-refractivity contribution in [3.63, 3.8) is 0 Å². The average Bonchev–Trinajstić information content (AvgIpc) is 2.26. The molecule has 0 unspecified atom stereocenters. The Morgan fingerprint density at radius 1 is 1.05 bits per heavy atom. The summed E-state index contributed by atoms with van der Waals surface area (Å²) >= 11 is 0. The maximum Gasteiger partial charge on any atom is 0.410 e. The lowest BCUT2D eigenvalue weighted by Gasteiger charge is -2.45. The van der Waals surface area contributed by atoms with Gasteiger partial charge in [-0.3, -0.25) is 9.80 Å². The monoisotopic (exact) mass is 285 g/mol. The SMILES string of the molecule is CC(C)(C)OC(=O)N1CCN(N(C=O)C(C)(C)C)CC1. The maximum absolute atomic E-state index is 12.0. The van der Waals surface area contributed by atoms with Crippen molar-refractivity contribution in [3.8, 4) is 0 Å². The third-order valence-electron chi connectivity index (χ3n) is 3.00. The lowest BCUT2D eigenvalue weighted by Crippen LogP contribution is -2.59. The van der Waals surface area contributed by atoms with Crippen molar-refractivity contribution in [2.24, 2.45) is 0 Å². The highest BCUT2D eigenvalue weighted by molar-refractivity contribution is 5.68. The standard InChI is InChI=1S/C14H27N3O3/c1-13(2,3)17(11-18)16-9-7-15(8-10-16)12(19)20-14(4,5)6/h11H,7-10H2,1-6H3. The lowest BCUT2D eigenvalue weighted by atomic mass is 10.1. The Kier molecular flexibility index (Phi) is 5.02. The number of carbonyl (C=O) groups is 2. The van der Waals surface area contributed by atoms with Crippen LogP contribution in [0.15, 0.2) is 0 Å². The number of piperazine rings is 1. The number of ether oxygens (including phenoxy) is 1. The molecule has 20 heavy (non-hydrogen) atoms. The molecule has 0 radical (unpaired) electrons. The molecule has 116 valence electrons. The van der Waals surface area contributed by atoms with Gasteiger partial charge in [-0.05, 0) is 41.5 Å². The summed E-state index contributed by atoms with van der Waals surface area (Å²) in [7, 11) is 0. The van der Waals surface area contributed by atoms with Crippen molar-refractivity contribution in [2.75, 3.05) is 26.2 Å². The molecule has 0 atom stereocenters. The van der Waals surface area contributed by atoms with Crippen LogP contribution in [0.4, 0.5) is 4.79 Å². The van der Waals surface area contributed by atoms with E-state index in [2.05, 4.69) is 0 Å². The molecule has 0 aliphatic carbocycles. The Balaban J connectivity index is 2.55. The van der Waals surface area contributed by atoms with Crippen LogP contribution in [0, 0.1) is 0 Å². The molecule has 0 N–H and O–H groups in total. The van der Waals surface area contributed by atoms with Gasteiger partial charge in [0.15, 0.2) is 0 Å². The third kappa shape index (κ3) is 4.67. The molecule has 1 aliphatic heterocycles. The van der Waals surface area contributed by atoms with E-state index in [-0.39, 0.29) is 11.6 Å². The van der Waals surface area contributed by atoms with E-state index in [1.54, 1.807) is 9.91 Å². The Bertz CT molecular complexity index is 350. The second-order valence-corrected chi connectivity index (χ2v) is 7.04. The summed E-state index contributed by atoms with van der Waals surface area (Å²) in [5.41, 5.74) is -0.732. The van der Waals surface area contributed by atoms with Gasteiger partial charge in [-0.1, -0.05) is 0 Å². The van der Waals surface area contributed by atoms with E-state index in [0.29, 0.717) is 26.2 Å². The van der Waals surface area contributed by atoms with Crippen LogP contribution >= 0.6 is 0 Å². The summed E-state index contributed by atoms with van der Waals surface area (Å²) in [6, 6.07) is 0. The predicted molar refractivity (Wildman–Crippen MR) is 77.0 cm³/mol. The first-order valence-corrected chi connectivity index (χ1v) is 7.02. The van der Waals surface area contributed by atoms with Gasteiger partial charge in [-0.15, -0.1) is 0 Å². The van der Waals surface area contributed by atoms with Crippen LogP contribution in [0.5, 0.6) is 0 Å². The molecule has 0 aromatic heterocycles. The average molecular weight is 285 g/mol.